The fraction of sp³-hybridized carbons (Fsp3) is 0.600. The maximum absolute atomic E-state index is 11.3. The molecule has 0 aliphatic carbocycles. The van der Waals surface area contributed by atoms with Crippen LogP contribution in [0.5, 0.6) is 0 Å². The summed E-state index contributed by atoms with van der Waals surface area (Å²) in [6, 6.07) is 0. The van der Waals surface area contributed by atoms with Crippen LogP contribution < -0.4 is 0 Å². The minimum absolute atomic E-state index is 0.178. The SMILES string of the molecule is C/C=C/[C@@]1(C(=O)O)CCCN1C(C)=O. The van der Waals surface area contributed by atoms with Crippen LogP contribution in [0.4, 0.5) is 0 Å². The van der Waals surface area contributed by atoms with Crippen molar-refractivity contribution in [2.75, 3.05) is 6.54 Å². The van der Waals surface area contributed by atoms with Gasteiger partial charge in [-0.05, 0) is 19.8 Å². The summed E-state index contributed by atoms with van der Waals surface area (Å²) in [5, 5.41) is 9.17. The highest BCUT2D eigenvalue weighted by Gasteiger charge is 2.46. The zero-order chi connectivity index (χ0) is 10.8. The zero-order valence-corrected chi connectivity index (χ0v) is 8.49. The maximum atomic E-state index is 11.3. The largest absolute Gasteiger partial charge is 0.479 e. The van der Waals surface area contributed by atoms with Crippen LogP contribution in [-0.4, -0.2) is 34.0 Å². The van der Waals surface area contributed by atoms with Gasteiger partial charge in [-0.15, -0.1) is 0 Å². The molecule has 1 fully saturated rings. The van der Waals surface area contributed by atoms with Crippen molar-refractivity contribution < 1.29 is 14.7 Å². The van der Waals surface area contributed by atoms with Crippen LogP contribution in [-0.2, 0) is 9.59 Å². The van der Waals surface area contributed by atoms with Crippen molar-refractivity contribution in [2.45, 2.75) is 32.2 Å². The van der Waals surface area contributed by atoms with E-state index in [4.69, 9.17) is 5.11 Å². The summed E-state index contributed by atoms with van der Waals surface area (Å²) in [5.74, 6) is -1.12. The molecule has 1 heterocycles. The molecule has 1 N–H and O–H groups in total. The van der Waals surface area contributed by atoms with Gasteiger partial charge in [0.1, 0.15) is 0 Å². The summed E-state index contributed by atoms with van der Waals surface area (Å²) in [6.07, 6.45) is 4.54. The third-order valence-electron chi connectivity index (χ3n) is 2.61. The van der Waals surface area contributed by atoms with Crippen LogP contribution >= 0.6 is 0 Å². The number of amides is 1. The minimum atomic E-state index is -1.10. The number of aliphatic carboxylic acids is 1. The average Bonchev–Trinajstić information content (AvgIpc) is 2.50. The third-order valence-corrected chi connectivity index (χ3v) is 2.61. The Bertz CT molecular complexity index is 285. The lowest BCUT2D eigenvalue weighted by Crippen LogP contribution is -2.50. The molecule has 0 aromatic carbocycles. The topological polar surface area (TPSA) is 57.6 Å². The second kappa shape index (κ2) is 3.82. The molecular formula is C10H15NO3. The van der Waals surface area contributed by atoms with Crippen molar-refractivity contribution in [3.05, 3.63) is 12.2 Å². The van der Waals surface area contributed by atoms with E-state index in [1.54, 1.807) is 19.1 Å². The molecule has 1 rings (SSSR count). The monoisotopic (exact) mass is 197 g/mol. The van der Waals surface area contributed by atoms with E-state index in [0.717, 1.165) is 6.42 Å². The maximum Gasteiger partial charge on any atom is 0.333 e. The first kappa shape index (κ1) is 10.8. The van der Waals surface area contributed by atoms with E-state index in [1.165, 1.54) is 11.8 Å². The molecule has 4 heteroatoms. The fourth-order valence-corrected chi connectivity index (χ4v) is 2.02. The summed E-state index contributed by atoms with van der Waals surface area (Å²) >= 11 is 0. The second-order valence-electron chi connectivity index (χ2n) is 3.50. The highest BCUT2D eigenvalue weighted by Crippen LogP contribution is 2.31. The first-order valence-electron chi connectivity index (χ1n) is 4.70. The first-order valence-corrected chi connectivity index (χ1v) is 4.70. The highest BCUT2D eigenvalue weighted by molar-refractivity contribution is 5.88. The molecular weight excluding hydrogens is 182 g/mol. The first-order chi connectivity index (χ1) is 6.54. The number of rotatable bonds is 2. The summed E-state index contributed by atoms with van der Waals surface area (Å²) in [6.45, 7) is 3.71. The Labute approximate surface area is 83.2 Å². The van der Waals surface area contributed by atoms with Gasteiger partial charge < -0.3 is 10.0 Å². The number of likely N-dealkylation sites (tertiary alicyclic amines) is 1. The Hall–Kier alpha value is -1.32. The third kappa shape index (κ3) is 1.52. The second-order valence-corrected chi connectivity index (χ2v) is 3.50. The molecule has 1 amide bonds. The molecule has 78 valence electrons. The van der Waals surface area contributed by atoms with Gasteiger partial charge in [0.15, 0.2) is 5.54 Å². The summed E-state index contributed by atoms with van der Waals surface area (Å²) in [4.78, 5) is 23.9. The van der Waals surface area contributed by atoms with E-state index in [1.807, 2.05) is 0 Å². The van der Waals surface area contributed by atoms with E-state index in [0.29, 0.717) is 13.0 Å². The number of carboxylic acid groups (broad SMARTS) is 1. The molecule has 1 saturated heterocycles. The van der Waals surface area contributed by atoms with Crippen LogP contribution in [0.2, 0.25) is 0 Å². The molecule has 0 spiro atoms. The van der Waals surface area contributed by atoms with Crippen molar-refractivity contribution in [1.82, 2.24) is 4.90 Å². The van der Waals surface area contributed by atoms with Crippen molar-refractivity contribution in [3.63, 3.8) is 0 Å². The van der Waals surface area contributed by atoms with E-state index in [9.17, 15) is 9.59 Å². The van der Waals surface area contributed by atoms with Crippen LogP contribution in [0.1, 0.15) is 26.7 Å². The van der Waals surface area contributed by atoms with Crippen LogP contribution in [0, 0.1) is 0 Å². The van der Waals surface area contributed by atoms with E-state index in [2.05, 4.69) is 0 Å². The molecule has 0 radical (unpaired) electrons. The van der Waals surface area contributed by atoms with Gasteiger partial charge in [0.2, 0.25) is 5.91 Å². The van der Waals surface area contributed by atoms with E-state index < -0.39 is 11.5 Å². The minimum Gasteiger partial charge on any atom is -0.479 e. The number of nitrogens with zero attached hydrogens (tertiary/aromatic N) is 1. The van der Waals surface area contributed by atoms with E-state index >= 15 is 0 Å². The number of hydrogen-bond acceptors (Lipinski definition) is 2. The molecule has 1 aliphatic rings. The normalized spacial score (nSPS) is 27.1. The number of carbonyl (C=O) groups excluding carboxylic acids is 1. The number of hydrogen-bond donors (Lipinski definition) is 1. The van der Waals surface area contributed by atoms with Crippen molar-refractivity contribution in [2.24, 2.45) is 0 Å². The van der Waals surface area contributed by atoms with Crippen LogP contribution in [0.25, 0.3) is 0 Å². The summed E-state index contributed by atoms with van der Waals surface area (Å²) < 4.78 is 0. The van der Waals surface area contributed by atoms with E-state index in [-0.39, 0.29) is 5.91 Å². The molecule has 4 nitrogen and oxygen atoms in total. The predicted molar refractivity (Wildman–Crippen MR) is 51.8 cm³/mol. The lowest BCUT2D eigenvalue weighted by Gasteiger charge is -2.31. The smallest absolute Gasteiger partial charge is 0.333 e. The summed E-state index contributed by atoms with van der Waals surface area (Å²) in [5.41, 5.74) is -1.10. The zero-order valence-electron chi connectivity index (χ0n) is 8.49. The molecule has 14 heavy (non-hydrogen) atoms. The Morgan fingerprint density at radius 2 is 2.14 bits per heavy atom. The lowest BCUT2D eigenvalue weighted by molar-refractivity contribution is -0.152. The van der Waals surface area contributed by atoms with Gasteiger partial charge in [-0.25, -0.2) is 4.79 Å². The molecule has 1 atom stereocenters. The molecule has 1 aliphatic heterocycles. The number of carboxylic acids is 1. The summed E-state index contributed by atoms with van der Waals surface area (Å²) in [7, 11) is 0. The molecule has 0 aromatic heterocycles. The number of allylic oxidation sites excluding steroid dienone is 1. The fourth-order valence-electron chi connectivity index (χ4n) is 2.02. The Morgan fingerprint density at radius 1 is 1.50 bits per heavy atom. The molecule has 0 saturated carbocycles. The number of carbonyl (C=O) groups is 2. The quantitative estimate of drug-likeness (QED) is 0.672. The van der Waals surface area contributed by atoms with Gasteiger partial charge in [0.05, 0.1) is 0 Å². The van der Waals surface area contributed by atoms with Gasteiger partial charge in [-0.2, -0.15) is 0 Å². The van der Waals surface area contributed by atoms with Crippen molar-refractivity contribution >= 4 is 11.9 Å². The average molecular weight is 197 g/mol. The molecule has 0 unspecified atom stereocenters. The molecule has 0 aromatic rings. The Balaban J connectivity index is 3.07. The highest BCUT2D eigenvalue weighted by atomic mass is 16.4. The van der Waals surface area contributed by atoms with Gasteiger partial charge in [0, 0.05) is 13.5 Å². The van der Waals surface area contributed by atoms with Gasteiger partial charge in [0.25, 0.3) is 0 Å². The van der Waals surface area contributed by atoms with Gasteiger partial charge in [-0.1, -0.05) is 12.2 Å². The van der Waals surface area contributed by atoms with Gasteiger partial charge in [-0.3, -0.25) is 4.79 Å². The Morgan fingerprint density at radius 3 is 2.57 bits per heavy atom. The lowest BCUT2D eigenvalue weighted by atomic mass is 9.95. The predicted octanol–water partition coefficient (Wildman–Crippen LogP) is 1.03. The standard InChI is InChI=1S/C10H15NO3/c1-3-5-10(9(13)14)6-4-7-11(10)8(2)12/h3,5H,4,6-7H2,1-2H3,(H,13,14)/b5-3+/t10-/m0/s1. The van der Waals surface area contributed by atoms with Crippen molar-refractivity contribution in [3.8, 4) is 0 Å². The Kier molecular flexibility index (Phi) is 2.93. The molecule has 0 bridgehead atoms. The van der Waals surface area contributed by atoms with Crippen molar-refractivity contribution in [1.29, 1.82) is 0 Å². The van der Waals surface area contributed by atoms with Gasteiger partial charge >= 0.3 is 5.97 Å². The van der Waals surface area contributed by atoms with Crippen LogP contribution in [0.3, 0.4) is 0 Å². The van der Waals surface area contributed by atoms with Crippen LogP contribution in [0.15, 0.2) is 12.2 Å².